The third kappa shape index (κ3) is 5.30. The topological polar surface area (TPSA) is 107 Å². The number of pyridine rings is 2. The van der Waals surface area contributed by atoms with Gasteiger partial charge in [0.1, 0.15) is 5.82 Å². The van der Waals surface area contributed by atoms with Crippen LogP contribution in [0, 0.1) is 0 Å². The minimum atomic E-state index is -0.466. The molecule has 4 N–H and O–H groups in total. The van der Waals surface area contributed by atoms with Crippen LogP contribution in [0.1, 0.15) is 16.8 Å². The molecule has 2 heterocycles. The van der Waals surface area contributed by atoms with Crippen LogP contribution in [0.2, 0.25) is 0 Å². The zero-order valence-corrected chi connectivity index (χ0v) is 16.6. The molecule has 1 aromatic carbocycles. The van der Waals surface area contributed by atoms with Gasteiger partial charge >= 0.3 is 0 Å². The van der Waals surface area contributed by atoms with Crippen molar-refractivity contribution in [2.75, 3.05) is 33.0 Å². The molecule has 0 atom stereocenters. The average Bonchev–Trinajstić information content (AvgIpc) is 2.72. The number of ether oxygens (including phenoxy) is 1. The maximum absolute atomic E-state index is 11.3. The lowest BCUT2D eigenvalue weighted by Crippen LogP contribution is -2.15. The molecule has 0 spiro atoms. The molecule has 7 heteroatoms. The lowest BCUT2D eigenvalue weighted by molar-refractivity contribution is 0.100. The minimum Gasteiger partial charge on any atom is -0.478 e. The third-order valence-corrected chi connectivity index (χ3v) is 4.47. The Morgan fingerprint density at radius 3 is 2.31 bits per heavy atom. The van der Waals surface area contributed by atoms with Gasteiger partial charge in [-0.3, -0.25) is 4.79 Å². The fourth-order valence-corrected chi connectivity index (χ4v) is 2.87. The third-order valence-electron chi connectivity index (χ3n) is 4.47. The summed E-state index contributed by atoms with van der Waals surface area (Å²) in [5.41, 5.74) is 15.3. The van der Waals surface area contributed by atoms with Gasteiger partial charge in [-0.1, -0.05) is 12.1 Å². The number of nitrogens with zero attached hydrogens (tertiary/aromatic N) is 3. The van der Waals surface area contributed by atoms with E-state index in [0.29, 0.717) is 23.9 Å². The molecule has 0 fully saturated rings. The Kier molecular flexibility index (Phi) is 6.41. The highest BCUT2D eigenvalue weighted by molar-refractivity contribution is 5.93. The van der Waals surface area contributed by atoms with Gasteiger partial charge in [-0.2, -0.15) is 0 Å². The first kappa shape index (κ1) is 20.3. The lowest BCUT2D eigenvalue weighted by atomic mass is 10.0. The summed E-state index contributed by atoms with van der Waals surface area (Å²) in [6.45, 7) is 1.60. The van der Waals surface area contributed by atoms with Gasteiger partial charge in [0.05, 0.1) is 6.61 Å². The summed E-state index contributed by atoms with van der Waals surface area (Å²) in [6.07, 6.45) is 4.41. The molecule has 1 amide bonds. The van der Waals surface area contributed by atoms with E-state index in [-0.39, 0.29) is 0 Å². The Hall–Kier alpha value is -3.45. The standard InChI is InChI=1S/C22H25N5O2/c1-27(2)10-3-11-29-20-9-8-17(13-25-20)18-12-19(21(23)26-14-18)15-4-6-16(7-5-15)22(24)28/h4-9,12-14H,3,10-11H2,1-2H3,(H2,23,26)(H2,24,28). The van der Waals surface area contributed by atoms with Crippen molar-refractivity contribution in [1.82, 2.24) is 14.9 Å². The van der Waals surface area contributed by atoms with Crippen molar-refractivity contribution in [3.8, 4) is 28.1 Å². The van der Waals surface area contributed by atoms with Crippen LogP contribution < -0.4 is 16.2 Å². The molecule has 0 unspecified atom stereocenters. The molecule has 0 saturated heterocycles. The number of nitrogens with two attached hydrogens (primary N) is 2. The second-order valence-corrected chi connectivity index (χ2v) is 6.99. The maximum atomic E-state index is 11.3. The monoisotopic (exact) mass is 391 g/mol. The zero-order valence-electron chi connectivity index (χ0n) is 16.6. The van der Waals surface area contributed by atoms with Gasteiger partial charge in [-0.05, 0) is 50.3 Å². The molecule has 0 aliphatic rings. The molecule has 2 aromatic heterocycles. The highest BCUT2D eigenvalue weighted by Crippen LogP contribution is 2.30. The van der Waals surface area contributed by atoms with Crippen LogP contribution in [0.25, 0.3) is 22.3 Å². The van der Waals surface area contributed by atoms with Gasteiger partial charge in [0.2, 0.25) is 11.8 Å². The number of aromatic nitrogens is 2. The van der Waals surface area contributed by atoms with Crippen LogP contribution in [0.3, 0.4) is 0 Å². The van der Waals surface area contributed by atoms with Crippen LogP contribution in [-0.4, -0.2) is 48.0 Å². The lowest BCUT2D eigenvalue weighted by Gasteiger charge is -2.11. The molecule has 0 bridgehead atoms. The summed E-state index contributed by atoms with van der Waals surface area (Å²) in [4.78, 5) is 22.1. The number of nitrogen functional groups attached to an aromatic ring is 1. The summed E-state index contributed by atoms with van der Waals surface area (Å²) in [5, 5.41) is 0. The number of amides is 1. The average molecular weight is 391 g/mol. The molecule has 150 valence electrons. The Labute approximate surface area is 170 Å². The van der Waals surface area contributed by atoms with Gasteiger partial charge in [-0.25, -0.2) is 9.97 Å². The summed E-state index contributed by atoms with van der Waals surface area (Å²) >= 11 is 0. The number of benzene rings is 1. The number of hydrogen-bond donors (Lipinski definition) is 2. The smallest absolute Gasteiger partial charge is 0.248 e. The summed E-state index contributed by atoms with van der Waals surface area (Å²) in [6, 6.07) is 12.7. The molecule has 7 nitrogen and oxygen atoms in total. The highest BCUT2D eigenvalue weighted by atomic mass is 16.5. The largest absolute Gasteiger partial charge is 0.478 e. The number of primary amides is 1. The molecule has 3 aromatic rings. The van der Waals surface area contributed by atoms with E-state index in [0.717, 1.165) is 35.2 Å². The van der Waals surface area contributed by atoms with Gasteiger partial charge in [0.15, 0.2) is 0 Å². The first-order chi connectivity index (χ1) is 13.9. The van der Waals surface area contributed by atoms with E-state index < -0.39 is 5.91 Å². The van der Waals surface area contributed by atoms with Gasteiger partial charge in [0.25, 0.3) is 0 Å². The van der Waals surface area contributed by atoms with E-state index >= 15 is 0 Å². The normalized spacial score (nSPS) is 10.9. The Morgan fingerprint density at radius 1 is 1.00 bits per heavy atom. The van der Waals surface area contributed by atoms with E-state index in [1.807, 2.05) is 32.3 Å². The first-order valence-electron chi connectivity index (χ1n) is 9.34. The second-order valence-electron chi connectivity index (χ2n) is 6.99. The number of carbonyl (C=O) groups excluding carboxylic acids is 1. The van der Waals surface area contributed by atoms with Crippen LogP contribution >= 0.6 is 0 Å². The molecular weight excluding hydrogens is 366 g/mol. The van der Waals surface area contributed by atoms with Crippen LogP contribution in [0.5, 0.6) is 5.88 Å². The van der Waals surface area contributed by atoms with E-state index in [2.05, 4.69) is 14.9 Å². The number of carbonyl (C=O) groups is 1. The van der Waals surface area contributed by atoms with Crippen molar-refractivity contribution in [2.24, 2.45) is 5.73 Å². The van der Waals surface area contributed by atoms with E-state index in [1.165, 1.54) is 0 Å². The Morgan fingerprint density at radius 2 is 1.69 bits per heavy atom. The Bertz CT molecular complexity index is 969. The summed E-state index contributed by atoms with van der Waals surface area (Å²) in [5.74, 6) is 0.541. The quantitative estimate of drug-likeness (QED) is 0.572. The highest BCUT2D eigenvalue weighted by Gasteiger charge is 2.09. The SMILES string of the molecule is CN(C)CCCOc1ccc(-c2cnc(N)c(-c3ccc(C(N)=O)cc3)c2)cn1. The predicted molar refractivity (Wildman–Crippen MR) is 115 cm³/mol. The van der Waals surface area contributed by atoms with Crippen molar-refractivity contribution in [3.63, 3.8) is 0 Å². The van der Waals surface area contributed by atoms with Crippen molar-refractivity contribution in [3.05, 3.63) is 60.4 Å². The fraction of sp³-hybridized carbons (Fsp3) is 0.227. The predicted octanol–water partition coefficient (Wildman–Crippen LogP) is 2.82. The van der Waals surface area contributed by atoms with Crippen molar-refractivity contribution < 1.29 is 9.53 Å². The zero-order chi connectivity index (χ0) is 20.8. The molecule has 0 radical (unpaired) electrons. The minimum absolute atomic E-state index is 0.411. The van der Waals surface area contributed by atoms with Crippen molar-refractivity contribution >= 4 is 11.7 Å². The van der Waals surface area contributed by atoms with Crippen LogP contribution in [0.15, 0.2) is 54.9 Å². The first-order valence-corrected chi connectivity index (χ1v) is 9.34. The molecule has 0 aliphatic carbocycles. The molecule has 0 aliphatic heterocycles. The van der Waals surface area contributed by atoms with E-state index in [4.69, 9.17) is 16.2 Å². The number of hydrogen-bond acceptors (Lipinski definition) is 6. The van der Waals surface area contributed by atoms with Gasteiger partial charge in [-0.15, -0.1) is 0 Å². The van der Waals surface area contributed by atoms with Crippen LogP contribution in [-0.2, 0) is 0 Å². The maximum Gasteiger partial charge on any atom is 0.248 e. The second kappa shape index (κ2) is 9.16. The Balaban J connectivity index is 1.76. The van der Waals surface area contributed by atoms with Gasteiger partial charge in [0, 0.05) is 47.3 Å². The fourth-order valence-electron chi connectivity index (χ4n) is 2.87. The van der Waals surface area contributed by atoms with E-state index in [9.17, 15) is 4.79 Å². The molecular formula is C22H25N5O2. The molecule has 3 rings (SSSR count). The van der Waals surface area contributed by atoms with E-state index in [1.54, 1.807) is 36.7 Å². The number of anilines is 1. The number of rotatable bonds is 8. The van der Waals surface area contributed by atoms with Crippen molar-refractivity contribution in [1.29, 1.82) is 0 Å². The molecule has 0 saturated carbocycles. The van der Waals surface area contributed by atoms with Crippen LogP contribution in [0.4, 0.5) is 5.82 Å². The van der Waals surface area contributed by atoms with Gasteiger partial charge < -0.3 is 21.1 Å². The molecule has 29 heavy (non-hydrogen) atoms. The summed E-state index contributed by atoms with van der Waals surface area (Å²) < 4.78 is 5.68. The van der Waals surface area contributed by atoms with Crippen molar-refractivity contribution in [2.45, 2.75) is 6.42 Å². The summed E-state index contributed by atoms with van der Waals surface area (Å²) in [7, 11) is 4.07.